The molecule has 4 nitrogen and oxygen atoms in total. The van der Waals surface area contributed by atoms with Crippen molar-refractivity contribution in [1.29, 1.82) is 0 Å². The van der Waals surface area contributed by atoms with Crippen LogP contribution >= 0.6 is 0 Å². The van der Waals surface area contributed by atoms with E-state index in [2.05, 4.69) is 10.0 Å². The zero-order chi connectivity index (χ0) is 15.2. The number of hydrogen-bond acceptors (Lipinski definition) is 3. The number of benzene rings is 1. The summed E-state index contributed by atoms with van der Waals surface area (Å²) in [6.07, 6.45) is 2.38. The Morgan fingerprint density at radius 3 is 2.55 bits per heavy atom. The van der Waals surface area contributed by atoms with Gasteiger partial charge in [0.25, 0.3) is 0 Å². The van der Waals surface area contributed by atoms with Gasteiger partial charge in [-0.3, -0.25) is 0 Å². The quantitative estimate of drug-likeness (QED) is 0.775. The Labute approximate surface area is 120 Å². The third kappa shape index (κ3) is 4.54. The van der Waals surface area contributed by atoms with Gasteiger partial charge in [-0.15, -0.1) is 0 Å². The molecule has 2 N–H and O–H groups in total. The topological polar surface area (TPSA) is 58.2 Å². The van der Waals surface area contributed by atoms with E-state index >= 15 is 0 Å². The minimum atomic E-state index is -3.70. The third-order valence-electron chi connectivity index (χ3n) is 3.14. The third-order valence-corrected chi connectivity index (χ3v) is 4.74. The van der Waals surface area contributed by atoms with Gasteiger partial charge in [0.2, 0.25) is 10.0 Å². The Balaban J connectivity index is 3.10. The van der Waals surface area contributed by atoms with Crippen LogP contribution in [-0.2, 0) is 16.6 Å². The highest BCUT2D eigenvalue weighted by molar-refractivity contribution is 7.89. The van der Waals surface area contributed by atoms with Crippen molar-refractivity contribution in [2.45, 2.75) is 50.6 Å². The van der Waals surface area contributed by atoms with Gasteiger partial charge >= 0.3 is 0 Å². The van der Waals surface area contributed by atoms with Crippen molar-refractivity contribution in [3.8, 4) is 0 Å². The van der Waals surface area contributed by atoms with Gasteiger partial charge in [0.15, 0.2) is 0 Å². The molecule has 1 atom stereocenters. The first-order valence-electron chi connectivity index (χ1n) is 6.90. The summed E-state index contributed by atoms with van der Waals surface area (Å²) in [5.41, 5.74) is 0.563. The second-order valence-electron chi connectivity index (χ2n) is 4.80. The number of rotatable bonds is 8. The van der Waals surface area contributed by atoms with Crippen LogP contribution in [0.3, 0.4) is 0 Å². The predicted molar refractivity (Wildman–Crippen MR) is 78.5 cm³/mol. The van der Waals surface area contributed by atoms with Crippen LogP contribution < -0.4 is 10.0 Å². The Bertz CT molecular complexity index is 532. The van der Waals surface area contributed by atoms with Gasteiger partial charge in [-0.1, -0.05) is 26.3 Å². The first-order chi connectivity index (χ1) is 9.44. The molecule has 0 aromatic heterocycles. The number of hydrogen-bond donors (Lipinski definition) is 2. The molecule has 0 aliphatic carbocycles. The molecule has 0 amide bonds. The molecule has 20 heavy (non-hydrogen) atoms. The Kier molecular flexibility index (Phi) is 6.58. The van der Waals surface area contributed by atoms with Crippen LogP contribution in [0.2, 0.25) is 0 Å². The zero-order valence-electron chi connectivity index (χ0n) is 12.2. The highest BCUT2D eigenvalue weighted by Crippen LogP contribution is 2.18. The summed E-state index contributed by atoms with van der Waals surface area (Å²) in [4.78, 5) is 0.0152. The predicted octanol–water partition coefficient (Wildman–Crippen LogP) is 2.40. The number of halogens is 1. The van der Waals surface area contributed by atoms with Crippen molar-refractivity contribution >= 4 is 10.0 Å². The smallest absolute Gasteiger partial charge is 0.241 e. The van der Waals surface area contributed by atoms with Crippen molar-refractivity contribution in [1.82, 2.24) is 10.0 Å². The van der Waals surface area contributed by atoms with Crippen molar-refractivity contribution in [2.24, 2.45) is 0 Å². The molecule has 0 bridgehead atoms. The molecule has 0 spiro atoms. The highest BCUT2D eigenvalue weighted by atomic mass is 32.2. The normalized spacial score (nSPS) is 13.4. The number of sulfonamides is 1. The molecular weight excluding hydrogens is 279 g/mol. The average molecular weight is 302 g/mol. The van der Waals surface area contributed by atoms with Crippen molar-refractivity contribution in [3.05, 3.63) is 29.6 Å². The zero-order valence-corrected chi connectivity index (χ0v) is 13.1. The number of nitrogens with one attached hydrogen (secondary N) is 2. The Hall–Kier alpha value is -0.980. The SMILES string of the molecule is CCCC(CC)NS(=O)(=O)c1cc(F)ccc1CNC. The second kappa shape index (κ2) is 7.71. The van der Waals surface area contributed by atoms with E-state index in [1.807, 2.05) is 13.8 Å². The van der Waals surface area contributed by atoms with Gasteiger partial charge < -0.3 is 5.32 Å². The Morgan fingerprint density at radius 1 is 1.30 bits per heavy atom. The lowest BCUT2D eigenvalue weighted by Gasteiger charge is -2.18. The van der Waals surface area contributed by atoms with Crippen LogP contribution in [0.1, 0.15) is 38.7 Å². The lowest BCUT2D eigenvalue weighted by Crippen LogP contribution is -2.35. The van der Waals surface area contributed by atoms with E-state index in [9.17, 15) is 12.8 Å². The maximum Gasteiger partial charge on any atom is 0.241 e. The molecule has 6 heteroatoms. The van der Waals surface area contributed by atoms with Crippen LogP contribution in [0.5, 0.6) is 0 Å². The molecule has 1 aromatic rings. The van der Waals surface area contributed by atoms with Gasteiger partial charge in [-0.2, -0.15) is 0 Å². The monoisotopic (exact) mass is 302 g/mol. The fraction of sp³-hybridized carbons (Fsp3) is 0.571. The average Bonchev–Trinajstić information content (AvgIpc) is 2.40. The van der Waals surface area contributed by atoms with Gasteiger partial charge in [-0.05, 0) is 37.6 Å². The molecule has 0 heterocycles. The molecule has 1 rings (SSSR count). The van der Waals surface area contributed by atoms with E-state index in [4.69, 9.17) is 0 Å². The molecule has 0 radical (unpaired) electrons. The summed E-state index contributed by atoms with van der Waals surface area (Å²) < 4.78 is 40.9. The summed E-state index contributed by atoms with van der Waals surface area (Å²) in [5.74, 6) is -0.547. The maximum atomic E-state index is 13.4. The largest absolute Gasteiger partial charge is 0.316 e. The van der Waals surface area contributed by atoms with Crippen LogP contribution in [0.25, 0.3) is 0 Å². The van der Waals surface area contributed by atoms with E-state index in [0.29, 0.717) is 18.5 Å². The minimum absolute atomic E-state index is 0.0152. The van der Waals surface area contributed by atoms with Crippen LogP contribution in [0.15, 0.2) is 23.1 Å². The molecule has 0 aliphatic heterocycles. The first kappa shape index (κ1) is 17.1. The molecule has 0 aliphatic rings. The summed E-state index contributed by atoms with van der Waals surface area (Å²) in [5, 5.41) is 2.89. The van der Waals surface area contributed by atoms with Crippen LogP contribution in [0.4, 0.5) is 4.39 Å². The van der Waals surface area contributed by atoms with E-state index in [0.717, 1.165) is 18.9 Å². The molecule has 1 aromatic carbocycles. The van der Waals surface area contributed by atoms with Crippen molar-refractivity contribution < 1.29 is 12.8 Å². The summed E-state index contributed by atoms with van der Waals surface area (Å²) in [7, 11) is -1.98. The molecule has 0 fully saturated rings. The summed E-state index contributed by atoms with van der Waals surface area (Å²) >= 11 is 0. The standard InChI is InChI=1S/C14H23FN2O2S/c1-4-6-13(5-2)17-20(18,19)14-9-12(15)8-7-11(14)10-16-3/h7-9,13,16-17H,4-6,10H2,1-3H3. The molecule has 114 valence electrons. The maximum absolute atomic E-state index is 13.4. The van der Waals surface area contributed by atoms with Gasteiger partial charge in [-0.25, -0.2) is 17.5 Å². The van der Waals surface area contributed by atoms with Crippen molar-refractivity contribution in [2.75, 3.05) is 7.05 Å². The second-order valence-corrected chi connectivity index (χ2v) is 6.48. The summed E-state index contributed by atoms with van der Waals surface area (Å²) in [6, 6.07) is 3.74. The fourth-order valence-corrected chi connectivity index (χ4v) is 3.70. The van der Waals surface area contributed by atoms with Crippen molar-refractivity contribution in [3.63, 3.8) is 0 Å². The van der Waals surface area contributed by atoms with Gasteiger partial charge in [0.1, 0.15) is 5.82 Å². The van der Waals surface area contributed by atoms with Gasteiger partial charge in [0, 0.05) is 12.6 Å². The van der Waals surface area contributed by atoms with E-state index in [1.165, 1.54) is 12.1 Å². The molecule has 0 saturated carbocycles. The molecule has 0 saturated heterocycles. The highest BCUT2D eigenvalue weighted by Gasteiger charge is 2.22. The minimum Gasteiger partial charge on any atom is -0.316 e. The van der Waals surface area contributed by atoms with Gasteiger partial charge in [0.05, 0.1) is 4.90 Å². The lowest BCUT2D eigenvalue weighted by molar-refractivity contribution is 0.510. The first-order valence-corrected chi connectivity index (χ1v) is 8.38. The lowest BCUT2D eigenvalue weighted by atomic mass is 10.1. The van der Waals surface area contributed by atoms with E-state index in [-0.39, 0.29) is 10.9 Å². The molecule has 1 unspecified atom stereocenters. The van der Waals surface area contributed by atoms with E-state index < -0.39 is 15.8 Å². The summed E-state index contributed by atoms with van der Waals surface area (Å²) in [6.45, 7) is 4.32. The van der Waals surface area contributed by atoms with E-state index in [1.54, 1.807) is 7.05 Å². The fourth-order valence-electron chi connectivity index (χ4n) is 2.09. The molecular formula is C14H23FN2O2S. The Morgan fingerprint density at radius 2 is 2.00 bits per heavy atom. The van der Waals surface area contributed by atoms with Crippen LogP contribution in [-0.4, -0.2) is 21.5 Å². The van der Waals surface area contributed by atoms with Crippen LogP contribution in [0, 0.1) is 5.82 Å².